The molecule has 0 aromatic rings. The Bertz CT molecular complexity index is 107. The summed E-state index contributed by atoms with van der Waals surface area (Å²) in [5.41, 5.74) is 0. The highest BCUT2D eigenvalue weighted by molar-refractivity contribution is 7.81. The number of hydrogen-bond acceptors (Lipinski definition) is 2. The van der Waals surface area contributed by atoms with Gasteiger partial charge in [-0.1, -0.05) is 6.08 Å². The van der Waals surface area contributed by atoms with Crippen LogP contribution in [0.2, 0.25) is 0 Å². The van der Waals surface area contributed by atoms with Gasteiger partial charge in [0, 0.05) is 11.3 Å². The first-order valence-corrected chi connectivity index (χ1v) is 2.74. The maximum atomic E-state index is 9.78. The fraction of sp³-hybridized carbons (Fsp3) is 0.400. The maximum absolute atomic E-state index is 9.78. The summed E-state index contributed by atoms with van der Waals surface area (Å²) in [6, 6.07) is 0. The van der Waals surface area contributed by atoms with Crippen LogP contribution < -0.4 is 0 Å². The Labute approximate surface area is 53.6 Å². The molecule has 0 saturated carbocycles. The van der Waals surface area contributed by atoms with E-state index in [9.17, 15) is 4.79 Å². The monoisotopic (exact) mass is 132 g/mol. The van der Waals surface area contributed by atoms with Crippen LogP contribution in [0.15, 0.2) is 12.2 Å². The van der Waals surface area contributed by atoms with Crippen molar-refractivity contribution in [3.63, 3.8) is 0 Å². The Morgan fingerprint density at radius 2 is 2.38 bits per heavy atom. The third kappa shape index (κ3) is 5.56. The first-order valence-electron chi connectivity index (χ1n) is 2.22. The zero-order valence-corrected chi connectivity index (χ0v) is 5.43. The van der Waals surface area contributed by atoms with Crippen molar-refractivity contribution in [1.82, 2.24) is 0 Å². The van der Waals surface area contributed by atoms with Gasteiger partial charge in [0.25, 0.3) is 0 Å². The number of thiol groups is 1. The SMILES string of the molecule is CC(S)C=CC(=O)O. The number of carbonyl (C=O) groups is 1. The first-order chi connectivity index (χ1) is 3.63. The van der Waals surface area contributed by atoms with E-state index in [4.69, 9.17) is 5.11 Å². The molecule has 0 amide bonds. The lowest BCUT2D eigenvalue weighted by atomic mass is 10.4. The van der Waals surface area contributed by atoms with Crippen LogP contribution in [-0.2, 0) is 4.79 Å². The van der Waals surface area contributed by atoms with E-state index in [-0.39, 0.29) is 5.25 Å². The van der Waals surface area contributed by atoms with Crippen molar-refractivity contribution in [3.05, 3.63) is 12.2 Å². The van der Waals surface area contributed by atoms with Crippen molar-refractivity contribution in [2.24, 2.45) is 0 Å². The molecule has 1 N–H and O–H groups in total. The van der Waals surface area contributed by atoms with E-state index in [0.717, 1.165) is 6.08 Å². The molecule has 8 heavy (non-hydrogen) atoms. The molecule has 0 aliphatic carbocycles. The summed E-state index contributed by atoms with van der Waals surface area (Å²) in [5, 5.41) is 8.06. The van der Waals surface area contributed by atoms with Gasteiger partial charge in [-0.3, -0.25) is 0 Å². The van der Waals surface area contributed by atoms with Crippen LogP contribution in [0.1, 0.15) is 6.92 Å². The molecular formula is C5H8O2S. The van der Waals surface area contributed by atoms with Crippen LogP contribution in [0.25, 0.3) is 0 Å². The normalized spacial score (nSPS) is 14.2. The molecule has 0 heterocycles. The van der Waals surface area contributed by atoms with Crippen LogP contribution in [0.3, 0.4) is 0 Å². The van der Waals surface area contributed by atoms with E-state index in [1.165, 1.54) is 6.08 Å². The summed E-state index contributed by atoms with van der Waals surface area (Å²) in [6.07, 6.45) is 2.59. The Kier molecular flexibility index (Phi) is 3.35. The van der Waals surface area contributed by atoms with Crippen molar-refractivity contribution >= 4 is 18.6 Å². The second-order valence-corrected chi connectivity index (χ2v) is 2.25. The molecule has 0 aliphatic heterocycles. The number of hydrogen-bond donors (Lipinski definition) is 2. The van der Waals surface area contributed by atoms with Crippen LogP contribution in [-0.4, -0.2) is 16.3 Å². The fourth-order valence-electron chi connectivity index (χ4n) is 0.222. The summed E-state index contributed by atoms with van der Waals surface area (Å²) in [7, 11) is 0. The zero-order chi connectivity index (χ0) is 6.57. The predicted octanol–water partition coefficient (Wildman–Crippen LogP) is 0.946. The molecule has 0 radical (unpaired) electrons. The number of carboxylic acid groups (broad SMARTS) is 1. The number of aliphatic carboxylic acids is 1. The van der Waals surface area contributed by atoms with Gasteiger partial charge < -0.3 is 5.11 Å². The van der Waals surface area contributed by atoms with Crippen molar-refractivity contribution in [2.45, 2.75) is 12.2 Å². The Balaban J connectivity index is 3.50. The highest BCUT2D eigenvalue weighted by Crippen LogP contribution is 1.92. The van der Waals surface area contributed by atoms with Crippen LogP contribution >= 0.6 is 12.6 Å². The average Bonchev–Trinajstić information content (AvgIpc) is 1.61. The van der Waals surface area contributed by atoms with Gasteiger partial charge in [-0.15, -0.1) is 0 Å². The van der Waals surface area contributed by atoms with Crippen molar-refractivity contribution in [3.8, 4) is 0 Å². The zero-order valence-electron chi connectivity index (χ0n) is 4.53. The quantitative estimate of drug-likeness (QED) is 0.433. The van der Waals surface area contributed by atoms with Gasteiger partial charge in [0.15, 0.2) is 0 Å². The van der Waals surface area contributed by atoms with E-state index in [0.29, 0.717) is 0 Å². The molecule has 46 valence electrons. The van der Waals surface area contributed by atoms with E-state index >= 15 is 0 Å². The van der Waals surface area contributed by atoms with Crippen molar-refractivity contribution < 1.29 is 9.90 Å². The van der Waals surface area contributed by atoms with Gasteiger partial charge in [0.2, 0.25) is 0 Å². The first kappa shape index (κ1) is 7.56. The molecule has 0 rings (SSSR count). The highest BCUT2D eigenvalue weighted by Gasteiger charge is 1.87. The molecule has 1 unspecified atom stereocenters. The minimum Gasteiger partial charge on any atom is -0.478 e. The van der Waals surface area contributed by atoms with Gasteiger partial charge in [0.1, 0.15) is 0 Å². The van der Waals surface area contributed by atoms with E-state index in [1.54, 1.807) is 6.92 Å². The van der Waals surface area contributed by atoms with Crippen molar-refractivity contribution in [1.29, 1.82) is 0 Å². The summed E-state index contributed by atoms with van der Waals surface area (Å²) in [5.74, 6) is -0.925. The second-order valence-electron chi connectivity index (χ2n) is 1.44. The van der Waals surface area contributed by atoms with Crippen molar-refractivity contribution in [2.75, 3.05) is 0 Å². The highest BCUT2D eigenvalue weighted by atomic mass is 32.1. The topological polar surface area (TPSA) is 37.3 Å². The Morgan fingerprint density at radius 3 is 2.50 bits per heavy atom. The Hall–Kier alpha value is -0.440. The standard InChI is InChI=1S/C5H8O2S/c1-4(8)2-3-5(6)7/h2-4,8H,1H3,(H,6,7). The number of carboxylic acids is 1. The molecule has 0 saturated heterocycles. The lowest BCUT2D eigenvalue weighted by molar-refractivity contribution is -0.131. The molecule has 0 spiro atoms. The number of rotatable bonds is 2. The minimum absolute atomic E-state index is 0.0195. The summed E-state index contributed by atoms with van der Waals surface area (Å²) in [4.78, 5) is 9.78. The third-order valence-electron chi connectivity index (χ3n) is 0.517. The second kappa shape index (κ2) is 3.55. The molecule has 1 atom stereocenters. The van der Waals surface area contributed by atoms with Crippen LogP contribution in [0, 0.1) is 0 Å². The predicted molar refractivity (Wildman–Crippen MR) is 35.2 cm³/mol. The lowest BCUT2D eigenvalue weighted by Crippen LogP contribution is -1.89. The maximum Gasteiger partial charge on any atom is 0.328 e. The van der Waals surface area contributed by atoms with E-state index < -0.39 is 5.97 Å². The van der Waals surface area contributed by atoms with Crippen LogP contribution in [0.5, 0.6) is 0 Å². The Morgan fingerprint density at radius 1 is 1.88 bits per heavy atom. The molecule has 0 aromatic heterocycles. The van der Waals surface area contributed by atoms with Crippen LogP contribution in [0.4, 0.5) is 0 Å². The molecule has 0 aromatic carbocycles. The van der Waals surface area contributed by atoms with Gasteiger partial charge in [-0.25, -0.2) is 4.79 Å². The van der Waals surface area contributed by atoms with Gasteiger partial charge in [-0.2, -0.15) is 12.6 Å². The molecule has 0 bridgehead atoms. The lowest BCUT2D eigenvalue weighted by Gasteiger charge is -1.87. The third-order valence-corrected chi connectivity index (χ3v) is 0.689. The minimum atomic E-state index is -0.925. The molecule has 3 heteroatoms. The van der Waals surface area contributed by atoms with E-state index in [2.05, 4.69) is 12.6 Å². The smallest absolute Gasteiger partial charge is 0.328 e. The summed E-state index contributed by atoms with van der Waals surface area (Å²) < 4.78 is 0. The average molecular weight is 132 g/mol. The molecule has 0 aliphatic rings. The molecule has 2 nitrogen and oxygen atoms in total. The largest absolute Gasteiger partial charge is 0.478 e. The van der Waals surface area contributed by atoms with E-state index in [1.807, 2.05) is 0 Å². The molecular weight excluding hydrogens is 124 g/mol. The summed E-state index contributed by atoms with van der Waals surface area (Å²) in [6.45, 7) is 1.79. The van der Waals surface area contributed by atoms with Gasteiger partial charge >= 0.3 is 5.97 Å². The fourth-order valence-corrected chi connectivity index (χ4v) is 0.308. The summed E-state index contributed by atoms with van der Waals surface area (Å²) >= 11 is 3.92. The molecule has 0 fully saturated rings. The van der Waals surface area contributed by atoms with Gasteiger partial charge in [-0.05, 0) is 6.92 Å². The van der Waals surface area contributed by atoms with Gasteiger partial charge in [0.05, 0.1) is 0 Å².